The number of nitrogen functional groups attached to an aromatic ring is 1. The Morgan fingerprint density at radius 1 is 1.69 bits per heavy atom. The largest absolute Gasteiger partial charge is 0.384 e. The maximum Gasteiger partial charge on any atom is 0.227 e. The number of hydrogen-bond donors (Lipinski definition) is 2. The Morgan fingerprint density at radius 3 is 3.19 bits per heavy atom. The topological polar surface area (TPSA) is 84.1 Å². The van der Waals surface area contributed by atoms with Crippen LogP contribution < -0.4 is 16.0 Å². The van der Waals surface area contributed by atoms with E-state index in [0.29, 0.717) is 11.8 Å². The van der Waals surface area contributed by atoms with Gasteiger partial charge in [-0.25, -0.2) is 4.98 Å². The van der Waals surface area contributed by atoms with Gasteiger partial charge in [-0.15, -0.1) is 0 Å². The van der Waals surface area contributed by atoms with Crippen LogP contribution in [0.4, 0.5) is 11.8 Å². The minimum Gasteiger partial charge on any atom is -0.384 e. The molecule has 6 heteroatoms. The molecule has 16 heavy (non-hydrogen) atoms. The molecule has 0 radical (unpaired) electrons. The number of amides is 1. The molecule has 1 amide bonds. The highest BCUT2D eigenvalue weighted by atomic mass is 16.1. The fraction of sp³-hybridized carbons (Fsp3) is 0.500. The molecule has 1 fully saturated rings. The van der Waals surface area contributed by atoms with Crippen molar-refractivity contribution < 1.29 is 4.79 Å². The Morgan fingerprint density at radius 2 is 2.50 bits per heavy atom. The molecular formula is C10H15N5O. The van der Waals surface area contributed by atoms with Gasteiger partial charge in [0.1, 0.15) is 5.82 Å². The summed E-state index contributed by atoms with van der Waals surface area (Å²) in [5, 5.41) is 2.89. The Hall–Kier alpha value is -1.85. The maximum absolute atomic E-state index is 10.9. The van der Waals surface area contributed by atoms with E-state index in [-0.39, 0.29) is 11.9 Å². The molecule has 2 heterocycles. The quantitative estimate of drug-likeness (QED) is 0.721. The number of nitrogens with one attached hydrogen (secondary N) is 1. The van der Waals surface area contributed by atoms with Crippen LogP contribution in [0, 0.1) is 0 Å². The van der Waals surface area contributed by atoms with Crippen molar-refractivity contribution in [1.82, 2.24) is 15.3 Å². The minimum atomic E-state index is 0.000318. The van der Waals surface area contributed by atoms with E-state index in [1.165, 1.54) is 6.92 Å². The van der Waals surface area contributed by atoms with Crippen LogP contribution in [0.25, 0.3) is 0 Å². The molecule has 2 rings (SSSR count). The lowest BCUT2D eigenvalue weighted by Crippen LogP contribution is -2.35. The molecule has 0 aromatic carbocycles. The Balaban J connectivity index is 2.00. The van der Waals surface area contributed by atoms with E-state index in [9.17, 15) is 4.79 Å². The molecule has 1 aromatic heterocycles. The highest BCUT2D eigenvalue weighted by Crippen LogP contribution is 2.16. The third kappa shape index (κ3) is 2.39. The molecule has 0 saturated carbocycles. The summed E-state index contributed by atoms with van der Waals surface area (Å²) in [5.41, 5.74) is 5.59. The van der Waals surface area contributed by atoms with Crippen LogP contribution in [0.5, 0.6) is 0 Å². The van der Waals surface area contributed by atoms with E-state index >= 15 is 0 Å². The van der Waals surface area contributed by atoms with E-state index in [2.05, 4.69) is 15.3 Å². The summed E-state index contributed by atoms with van der Waals surface area (Å²) in [6.45, 7) is 3.11. The molecule has 1 saturated heterocycles. The molecule has 1 unspecified atom stereocenters. The lowest BCUT2D eigenvalue weighted by Gasteiger charge is -2.16. The summed E-state index contributed by atoms with van der Waals surface area (Å²) in [7, 11) is 0. The molecular weight excluding hydrogens is 206 g/mol. The SMILES string of the molecule is CC(=O)NC1CCN(c2nccc(N)n2)C1. The summed E-state index contributed by atoms with van der Waals surface area (Å²) < 4.78 is 0. The average molecular weight is 221 g/mol. The first-order chi connectivity index (χ1) is 7.65. The van der Waals surface area contributed by atoms with Crippen molar-refractivity contribution in [2.45, 2.75) is 19.4 Å². The van der Waals surface area contributed by atoms with Crippen molar-refractivity contribution in [3.63, 3.8) is 0 Å². The van der Waals surface area contributed by atoms with Crippen molar-refractivity contribution >= 4 is 17.7 Å². The lowest BCUT2D eigenvalue weighted by atomic mass is 10.3. The third-order valence-corrected chi connectivity index (χ3v) is 2.54. The highest BCUT2D eigenvalue weighted by Gasteiger charge is 2.24. The molecule has 1 aromatic rings. The van der Waals surface area contributed by atoms with Gasteiger partial charge in [0, 0.05) is 32.3 Å². The summed E-state index contributed by atoms with van der Waals surface area (Å²) >= 11 is 0. The predicted molar refractivity (Wildman–Crippen MR) is 60.9 cm³/mol. The molecule has 0 aliphatic carbocycles. The molecule has 6 nitrogen and oxygen atoms in total. The van der Waals surface area contributed by atoms with Gasteiger partial charge < -0.3 is 16.0 Å². The molecule has 1 atom stereocenters. The summed E-state index contributed by atoms with van der Waals surface area (Å²) in [5.74, 6) is 1.10. The van der Waals surface area contributed by atoms with Crippen LogP contribution in [0.15, 0.2) is 12.3 Å². The normalized spacial score (nSPS) is 19.8. The van der Waals surface area contributed by atoms with Gasteiger partial charge in [-0.2, -0.15) is 4.98 Å². The van der Waals surface area contributed by atoms with Gasteiger partial charge in [0.2, 0.25) is 11.9 Å². The van der Waals surface area contributed by atoms with Crippen molar-refractivity contribution in [2.75, 3.05) is 23.7 Å². The number of anilines is 2. The van der Waals surface area contributed by atoms with Gasteiger partial charge in [0.15, 0.2) is 0 Å². The van der Waals surface area contributed by atoms with Gasteiger partial charge >= 0.3 is 0 Å². The molecule has 86 valence electrons. The van der Waals surface area contributed by atoms with E-state index in [1.54, 1.807) is 12.3 Å². The number of nitrogens with two attached hydrogens (primary N) is 1. The smallest absolute Gasteiger partial charge is 0.227 e. The fourth-order valence-electron chi connectivity index (χ4n) is 1.86. The predicted octanol–water partition coefficient (Wildman–Crippen LogP) is -0.226. The van der Waals surface area contributed by atoms with Crippen molar-refractivity contribution in [3.05, 3.63) is 12.3 Å². The van der Waals surface area contributed by atoms with E-state index in [1.807, 2.05) is 4.90 Å². The Labute approximate surface area is 93.9 Å². The van der Waals surface area contributed by atoms with Gasteiger partial charge in [0.05, 0.1) is 0 Å². The third-order valence-electron chi connectivity index (χ3n) is 2.54. The Bertz CT molecular complexity index is 395. The van der Waals surface area contributed by atoms with Crippen molar-refractivity contribution in [3.8, 4) is 0 Å². The van der Waals surface area contributed by atoms with Gasteiger partial charge in [-0.1, -0.05) is 0 Å². The van der Waals surface area contributed by atoms with E-state index in [0.717, 1.165) is 19.5 Å². The molecule has 0 spiro atoms. The molecule has 1 aliphatic rings. The van der Waals surface area contributed by atoms with Gasteiger partial charge in [0.25, 0.3) is 0 Å². The van der Waals surface area contributed by atoms with E-state index in [4.69, 9.17) is 5.73 Å². The molecule has 1 aliphatic heterocycles. The second-order valence-corrected chi connectivity index (χ2v) is 3.91. The zero-order chi connectivity index (χ0) is 11.5. The molecule has 0 bridgehead atoms. The highest BCUT2D eigenvalue weighted by molar-refractivity contribution is 5.73. The Kier molecular flexibility index (Phi) is 2.89. The number of carbonyl (C=O) groups is 1. The van der Waals surface area contributed by atoms with Crippen molar-refractivity contribution in [1.29, 1.82) is 0 Å². The zero-order valence-corrected chi connectivity index (χ0v) is 9.18. The first kappa shape index (κ1) is 10.7. The van der Waals surface area contributed by atoms with E-state index < -0.39 is 0 Å². The van der Waals surface area contributed by atoms with Crippen LogP contribution in [-0.4, -0.2) is 35.0 Å². The summed E-state index contributed by atoms with van der Waals surface area (Å²) in [6.07, 6.45) is 2.56. The zero-order valence-electron chi connectivity index (χ0n) is 9.18. The van der Waals surface area contributed by atoms with Crippen LogP contribution in [0.2, 0.25) is 0 Å². The lowest BCUT2D eigenvalue weighted by molar-refractivity contribution is -0.119. The summed E-state index contributed by atoms with van der Waals surface area (Å²) in [4.78, 5) is 21.2. The van der Waals surface area contributed by atoms with Crippen LogP contribution >= 0.6 is 0 Å². The number of carbonyl (C=O) groups excluding carboxylic acids is 1. The van der Waals surface area contributed by atoms with Gasteiger partial charge in [-0.3, -0.25) is 4.79 Å². The van der Waals surface area contributed by atoms with Crippen LogP contribution in [-0.2, 0) is 4.79 Å². The second-order valence-electron chi connectivity index (χ2n) is 3.91. The van der Waals surface area contributed by atoms with Crippen LogP contribution in [0.1, 0.15) is 13.3 Å². The number of nitrogens with zero attached hydrogens (tertiary/aromatic N) is 3. The fourth-order valence-corrected chi connectivity index (χ4v) is 1.86. The standard InChI is InChI=1S/C10H15N5O/c1-7(16)13-8-3-5-15(6-8)10-12-4-2-9(11)14-10/h2,4,8H,3,5-6H2,1H3,(H,13,16)(H2,11,12,14). The monoisotopic (exact) mass is 221 g/mol. The average Bonchev–Trinajstić information content (AvgIpc) is 2.65. The summed E-state index contributed by atoms with van der Waals surface area (Å²) in [6, 6.07) is 1.84. The minimum absolute atomic E-state index is 0.000318. The van der Waals surface area contributed by atoms with Crippen LogP contribution in [0.3, 0.4) is 0 Å². The number of rotatable bonds is 2. The maximum atomic E-state index is 10.9. The molecule has 3 N–H and O–H groups in total. The number of aromatic nitrogens is 2. The van der Waals surface area contributed by atoms with Crippen molar-refractivity contribution in [2.24, 2.45) is 0 Å². The van der Waals surface area contributed by atoms with Gasteiger partial charge in [-0.05, 0) is 12.5 Å². The first-order valence-corrected chi connectivity index (χ1v) is 5.26. The first-order valence-electron chi connectivity index (χ1n) is 5.26. The number of hydrogen-bond acceptors (Lipinski definition) is 5. The second kappa shape index (κ2) is 4.34.